The lowest BCUT2D eigenvalue weighted by atomic mass is 10.2. The molecule has 0 fully saturated rings. The van der Waals surface area contributed by atoms with Gasteiger partial charge in [0.15, 0.2) is 10.8 Å². The average Bonchev–Trinajstić information content (AvgIpc) is 3.08. The highest BCUT2D eigenvalue weighted by molar-refractivity contribution is 7.15. The van der Waals surface area contributed by atoms with Crippen LogP contribution in [0.25, 0.3) is 0 Å². The van der Waals surface area contributed by atoms with Crippen molar-refractivity contribution in [3.05, 3.63) is 73.4 Å². The lowest BCUT2D eigenvalue weighted by molar-refractivity contribution is -0.141. The van der Waals surface area contributed by atoms with Gasteiger partial charge < -0.3 is 5.32 Å². The molecule has 1 aromatic heterocycles. The third kappa shape index (κ3) is 6.48. The van der Waals surface area contributed by atoms with E-state index in [1.807, 2.05) is 11.8 Å². The highest BCUT2D eigenvalue weighted by Crippen LogP contribution is 2.41. The number of halogens is 7. The molecule has 3 aromatic rings. The van der Waals surface area contributed by atoms with Crippen LogP contribution in [0.4, 0.5) is 28.4 Å². The molecule has 0 aliphatic carbocycles. The zero-order valence-electron chi connectivity index (χ0n) is 16.7. The molecule has 0 radical (unpaired) electrons. The Morgan fingerprint density at radius 1 is 1.06 bits per heavy atom. The minimum atomic E-state index is -4.64. The molecule has 0 bridgehead atoms. The van der Waals surface area contributed by atoms with Gasteiger partial charge >= 0.3 is 6.18 Å². The summed E-state index contributed by atoms with van der Waals surface area (Å²) in [7, 11) is 0. The van der Waals surface area contributed by atoms with E-state index in [-0.39, 0.29) is 32.3 Å². The van der Waals surface area contributed by atoms with Crippen LogP contribution in [0, 0.1) is 5.82 Å². The zero-order valence-corrected chi connectivity index (χ0v) is 19.8. The molecule has 2 aromatic carbocycles. The van der Waals surface area contributed by atoms with Crippen LogP contribution in [0.15, 0.2) is 36.4 Å². The Morgan fingerprint density at radius 3 is 2.34 bits per heavy atom. The molecule has 0 spiro atoms. The first-order valence-corrected chi connectivity index (χ1v) is 11.5. The average molecular weight is 527 g/mol. The van der Waals surface area contributed by atoms with Crippen LogP contribution in [0.2, 0.25) is 15.1 Å². The highest BCUT2D eigenvalue weighted by atomic mass is 35.5. The van der Waals surface area contributed by atoms with E-state index in [1.165, 1.54) is 24.3 Å². The Labute approximate surface area is 201 Å². The summed E-state index contributed by atoms with van der Waals surface area (Å²) in [4.78, 5) is 5.62. The topological polar surface area (TPSA) is 28.2 Å². The predicted octanol–water partition coefficient (Wildman–Crippen LogP) is 8.42. The molecule has 32 heavy (non-hydrogen) atoms. The third-order valence-electron chi connectivity index (χ3n) is 4.41. The van der Waals surface area contributed by atoms with Crippen LogP contribution in [0.3, 0.4) is 0 Å². The monoisotopic (exact) mass is 525 g/mol. The summed E-state index contributed by atoms with van der Waals surface area (Å²) in [6.07, 6.45) is -3.92. The maximum atomic E-state index is 13.7. The Morgan fingerprint density at radius 2 is 1.75 bits per heavy atom. The van der Waals surface area contributed by atoms with Crippen molar-refractivity contribution in [2.75, 3.05) is 11.9 Å². The van der Waals surface area contributed by atoms with Crippen molar-refractivity contribution in [1.82, 2.24) is 9.88 Å². The van der Waals surface area contributed by atoms with Gasteiger partial charge in [0.1, 0.15) is 5.82 Å². The molecule has 0 unspecified atom stereocenters. The van der Waals surface area contributed by atoms with Crippen molar-refractivity contribution in [2.45, 2.75) is 32.6 Å². The molecule has 0 atom stereocenters. The van der Waals surface area contributed by atoms with Gasteiger partial charge in [-0.05, 0) is 42.8 Å². The number of hydrogen-bond acceptors (Lipinski definition) is 4. The van der Waals surface area contributed by atoms with E-state index in [4.69, 9.17) is 34.8 Å². The van der Waals surface area contributed by atoms with Gasteiger partial charge in [0.25, 0.3) is 0 Å². The second-order valence-electron chi connectivity index (χ2n) is 7.00. The molecular weight excluding hydrogens is 509 g/mol. The maximum Gasteiger partial charge on any atom is 0.434 e. The van der Waals surface area contributed by atoms with Crippen LogP contribution in [0.5, 0.6) is 0 Å². The standard InChI is InChI=1S/C21H18Cl3F4N3S/c1-2-6-31(10-12-4-3-5-14(25)7-12)11-17-19(21(26,27)28)30-20(32-17)29-18-15(23)8-13(22)9-16(18)24/h3-5,7-9H,2,6,10-11H2,1H3,(H,29,30). The largest absolute Gasteiger partial charge is 0.434 e. The molecule has 172 valence electrons. The smallest absolute Gasteiger partial charge is 0.329 e. The van der Waals surface area contributed by atoms with Crippen molar-refractivity contribution in [3.8, 4) is 0 Å². The quantitative estimate of drug-likeness (QED) is 0.299. The van der Waals surface area contributed by atoms with Crippen LogP contribution < -0.4 is 5.32 Å². The zero-order chi connectivity index (χ0) is 23.5. The van der Waals surface area contributed by atoms with Crippen molar-refractivity contribution < 1.29 is 17.6 Å². The summed E-state index contributed by atoms with van der Waals surface area (Å²) < 4.78 is 54.7. The summed E-state index contributed by atoms with van der Waals surface area (Å²) in [5.41, 5.74) is -0.0851. The molecule has 0 aliphatic rings. The Hall–Kier alpha value is -1.58. The molecule has 11 heteroatoms. The number of anilines is 2. The SMILES string of the molecule is CCCN(Cc1cccc(F)c1)Cc1sc(Nc2c(Cl)cc(Cl)cc2Cl)nc1C(F)(F)F. The number of thiazole rings is 1. The first-order valence-electron chi connectivity index (χ1n) is 9.52. The normalized spacial score (nSPS) is 11.9. The second-order valence-corrected chi connectivity index (χ2v) is 9.33. The van der Waals surface area contributed by atoms with Gasteiger partial charge in [-0.3, -0.25) is 4.90 Å². The number of hydrogen-bond donors (Lipinski definition) is 1. The fourth-order valence-electron chi connectivity index (χ4n) is 3.13. The summed E-state index contributed by atoms with van der Waals surface area (Å²) >= 11 is 19.0. The van der Waals surface area contributed by atoms with Crippen LogP contribution in [-0.4, -0.2) is 16.4 Å². The summed E-state index contributed by atoms with van der Waals surface area (Å²) in [5.74, 6) is -0.393. The number of benzene rings is 2. The van der Waals surface area contributed by atoms with Gasteiger partial charge in [-0.2, -0.15) is 13.2 Å². The molecule has 0 amide bonds. The third-order valence-corrected chi connectivity index (χ3v) is 6.18. The molecular formula is C21H18Cl3F4N3S. The van der Waals surface area contributed by atoms with Gasteiger partial charge in [0.05, 0.1) is 20.6 Å². The summed E-state index contributed by atoms with van der Waals surface area (Å²) in [6.45, 7) is 2.76. The Kier molecular flexibility index (Phi) is 8.27. The number of aromatic nitrogens is 1. The van der Waals surface area contributed by atoms with E-state index < -0.39 is 17.7 Å². The van der Waals surface area contributed by atoms with Crippen molar-refractivity contribution >= 4 is 57.0 Å². The van der Waals surface area contributed by atoms with Gasteiger partial charge in [-0.1, -0.05) is 65.2 Å². The van der Waals surface area contributed by atoms with Crippen LogP contribution >= 0.6 is 46.1 Å². The lowest BCUT2D eigenvalue weighted by Crippen LogP contribution is -2.24. The van der Waals surface area contributed by atoms with E-state index >= 15 is 0 Å². The van der Waals surface area contributed by atoms with Crippen LogP contribution in [0.1, 0.15) is 29.5 Å². The van der Waals surface area contributed by atoms with Crippen LogP contribution in [-0.2, 0) is 19.3 Å². The number of alkyl halides is 3. The van der Waals surface area contributed by atoms with Gasteiger partial charge in [-0.25, -0.2) is 9.37 Å². The predicted molar refractivity (Wildman–Crippen MR) is 123 cm³/mol. The minimum absolute atomic E-state index is 0.000603. The minimum Gasteiger partial charge on any atom is -0.329 e. The Bertz CT molecular complexity index is 1070. The van der Waals surface area contributed by atoms with Crippen molar-refractivity contribution in [2.24, 2.45) is 0 Å². The van der Waals surface area contributed by atoms with E-state index in [0.29, 0.717) is 23.7 Å². The first-order chi connectivity index (χ1) is 15.1. The van der Waals surface area contributed by atoms with E-state index in [2.05, 4.69) is 10.3 Å². The second kappa shape index (κ2) is 10.6. The molecule has 0 saturated carbocycles. The molecule has 3 rings (SSSR count). The van der Waals surface area contributed by atoms with Crippen molar-refractivity contribution in [3.63, 3.8) is 0 Å². The Balaban J connectivity index is 1.90. The first kappa shape index (κ1) is 25.1. The highest BCUT2D eigenvalue weighted by Gasteiger charge is 2.38. The van der Waals surface area contributed by atoms with E-state index in [9.17, 15) is 17.6 Å². The molecule has 0 aliphatic heterocycles. The van der Waals surface area contributed by atoms with Crippen molar-refractivity contribution in [1.29, 1.82) is 0 Å². The van der Waals surface area contributed by atoms with E-state index in [0.717, 1.165) is 17.8 Å². The maximum absolute atomic E-state index is 13.7. The lowest BCUT2D eigenvalue weighted by Gasteiger charge is -2.21. The van der Waals surface area contributed by atoms with E-state index in [1.54, 1.807) is 12.1 Å². The number of nitrogens with one attached hydrogen (secondary N) is 1. The van der Waals surface area contributed by atoms with Gasteiger partial charge in [0.2, 0.25) is 0 Å². The number of nitrogens with zero attached hydrogens (tertiary/aromatic N) is 2. The molecule has 3 nitrogen and oxygen atoms in total. The summed E-state index contributed by atoms with van der Waals surface area (Å²) in [6, 6.07) is 8.86. The molecule has 1 heterocycles. The molecule has 0 saturated heterocycles. The summed E-state index contributed by atoms with van der Waals surface area (Å²) in [5, 5.41) is 3.40. The fourth-order valence-corrected chi connectivity index (χ4v) is 5.07. The number of rotatable bonds is 8. The molecule has 1 N–H and O–H groups in total. The fraction of sp³-hybridized carbons (Fsp3) is 0.286. The van der Waals surface area contributed by atoms with Gasteiger partial charge in [-0.15, -0.1) is 0 Å². The van der Waals surface area contributed by atoms with Gasteiger partial charge in [0, 0.05) is 18.1 Å².